The second-order valence-electron chi connectivity index (χ2n) is 6.37. The summed E-state index contributed by atoms with van der Waals surface area (Å²) in [5.41, 5.74) is 2.43. The molecule has 0 aliphatic carbocycles. The summed E-state index contributed by atoms with van der Waals surface area (Å²) in [6.45, 7) is 6.43. The number of fused-ring (bicyclic) bond motifs is 1. The summed E-state index contributed by atoms with van der Waals surface area (Å²) in [6.07, 6.45) is 0. The van der Waals surface area contributed by atoms with Gasteiger partial charge >= 0.3 is 5.97 Å². The van der Waals surface area contributed by atoms with E-state index >= 15 is 0 Å². The van der Waals surface area contributed by atoms with Crippen LogP contribution in [0.15, 0.2) is 41.8 Å². The number of nitrogens with zero attached hydrogens (tertiary/aromatic N) is 1. The molecule has 0 saturated carbocycles. The predicted octanol–water partition coefficient (Wildman–Crippen LogP) is 4.96. The van der Waals surface area contributed by atoms with Crippen molar-refractivity contribution in [1.29, 1.82) is 0 Å². The van der Waals surface area contributed by atoms with E-state index in [0.717, 1.165) is 27.0 Å². The van der Waals surface area contributed by atoms with Crippen LogP contribution in [0.1, 0.15) is 36.8 Å². The second kappa shape index (κ2) is 5.21. The molecule has 112 valence electrons. The molecule has 1 aromatic heterocycles. The molecule has 0 saturated heterocycles. The molecule has 0 bridgehead atoms. The fourth-order valence-electron chi connectivity index (χ4n) is 2.26. The molecule has 0 spiro atoms. The molecule has 1 N–H and O–H groups in total. The standard InChI is InChI=1S/C18H17NO2S/c1-18(2,3)15-10-22-16(19-15)12-6-4-11-5-7-13(17(20)21)9-14(11)8-12/h4-10H,1-3H3,(H,20,21). The Bertz CT molecular complexity index is 859. The lowest BCUT2D eigenvalue weighted by atomic mass is 9.93. The van der Waals surface area contributed by atoms with Gasteiger partial charge in [0.25, 0.3) is 0 Å². The number of aromatic carboxylic acids is 1. The molecule has 22 heavy (non-hydrogen) atoms. The van der Waals surface area contributed by atoms with E-state index in [4.69, 9.17) is 10.1 Å². The van der Waals surface area contributed by atoms with Crippen molar-refractivity contribution in [1.82, 2.24) is 4.98 Å². The third-order valence-electron chi connectivity index (χ3n) is 3.61. The first-order valence-electron chi connectivity index (χ1n) is 7.08. The normalized spacial score (nSPS) is 11.8. The van der Waals surface area contributed by atoms with Crippen LogP contribution >= 0.6 is 11.3 Å². The van der Waals surface area contributed by atoms with Crippen LogP contribution in [0.5, 0.6) is 0 Å². The van der Waals surface area contributed by atoms with Gasteiger partial charge in [-0.3, -0.25) is 0 Å². The molecular weight excluding hydrogens is 294 g/mol. The number of hydrogen-bond donors (Lipinski definition) is 1. The number of carboxylic acid groups (broad SMARTS) is 1. The quantitative estimate of drug-likeness (QED) is 0.727. The summed E-state index contributed by atoms with van der Waals surface area (Å²) in [5.74, 6) is -0.906. The molecule has 0 atom stereocenters. The van der Waals surface area contributed by atoms with E-state index in [9.17, 15) is 4.79 Å². The van der Waals surface area contributed by atoms with Crippen molar-refractivity contribution in [2.24, 2.45) is 0 Å². The highest BCUT2D eigenvalue weighted by Crippen LogP contribution is 2.31. The van der Waals surface area contributed by atoms with Gasteiger partial charge < -0.3 is 5.11 Å². The molecule has 3 nitrogen and oxygen atoms in total. The minimum absolute atomic E-state index is 0.0298. The topological polar surface area (TPSA) is 50.2 Å². The fraction of sp³-hybridized carbons (Fsp3) is 0.222. The lowest BCUT2D eigenvalue weighted by Crippen LogP contribution is -2.11. The van der Waals surface area contributed by atoms with Crippen LogP contribution in [0.2, 0.25) is 0 Å². The van der Waals surface area contributed by atoms with Crippen molar-refractivity contribution in [3.8, 4) is 10.6 Å². The van der Waals surface area contributed by atoms with Gasteiger partial charge in [0.2, 0.25) is 0 Å². The molecule has 4 heteroatoms. The minimum Gasteiger partial charge on any atom is -0.478 e. The Balaban J connectivity index is 2.07. The molecule has 0 radical (unpaired) electrons. The largest absolute Gasteiger partial charge is 0.478 e. The van der Waals surface area contributed by atoms with Gasteiger partial charge in [-0.1, -0.05) is 39.0 Å². The first kappa shape index (κ1) is 14.7. The van der Waals surface area contributed by atoms with Gasteiger partial charge in [0.05, 0.1) is 11.3 Å². The van der Waals surface area contributed by atoms with Crippen LogP contribution < -0.4 is 0 Å². The predicted molar refractivity (Wildman–Crippen MR) is 90.7 cm³/mol. The number of thiazole rings is 1. The van der Waals surface area contributed by atoms with Gasteiger partial charge in [-0.2, -0.15) is 0 Å². The lowest BCUT2D eigenvalue weighted by Gasteiger charge is -2.14. The van der Waals surface area contributed by atoms with E-state index in [-0.39, 0.29) is 5.41 Å². The highest BCUT2D eigenvalue weighted by atomic mass is 32.1. The van der Waals surface area contributed by atoms with Crippen LogP contribution in [0.25, 0.3) is 21.3 Å². The first-order chi connectivity index (χ1) is 10.3. The number of hydrogen-bond acceptors (Lipinski definition) is 3. The van der Waals surface area contributed by atoms with Crippen molar-refractivity contribution < 1.29 is 9.90 Å². The molecule has 0 aliphatic rings. The maximum atomic E-state index is 11.1. The summed E-state index contributed by atoms with van der Waals surface area (Å²) in [7, 11) is 0. The van der Waals surface area contributed by atoms with Gasteiger partial charge in [0, 0.05) is 16.4 Å². The van der Waals surface area contributed by atoms with Crippen molar-refractivity contribution in [2.75, 3.05) is 0 Å². The summed E-state index contributed by atoms with van der Waals surface area (Å²) in [4.78, 5) is 15.8. The third kappa shape index (κ3) is 2.74. The average Bonchev–Trinajstić information content (AvgIpc) is 2.96. The van der Waals surface area contributed by atoms with Crippen molar-refractivity contribution >= 4 is 28.1 Å². The zero-order valence-corrected chi connectivity index (χ0v) is 13.6. The Hall–Kier alpha value is -2.20. The highest BCUT2D eigenvalue weighted by molar-refractivity contribution is 7.13. The number of rotatable bonds is 2. The first-order valence-corrected chi connectivity index (χ1v) is 7.96. The van der Waals surface area contributed by atoms with Crippen molar-refractivity contribution in [3.05, 3.63) is 53.0 Å². The fourth-order valence-corrected chi connectivity index (χ4v) is 3.31. The van der Waals surface area contributed by atoms with Crippen LogP contribution in [-0.4, -0.2) is 16.1 Å². The maximum Gasteiger partial charge on any atom is 0.335 e. The molecule has 0 fully saturated rings. The van der Waals surface area contributed by atoms with Crippen LogP contribution in [-0.2, 0) is 5.41 Å². The van der Waals surface area contributed by atoms with Gasteiger partial charge in [-0.05, 0) is 29.0 Å². The van der Waals surface area contributed by atoms with E-state index in [0.29, 0.717) is 5.56 Å². The molecule has 3 rings (SSSR count). The van der Waals surface area contributed by atoms with Crippen LogP contribution in [0.4, 0.5) is 0 Å². The Kier molecular flexibility index (Phi) is 3.49. The Morgan fingerprint density at radius 1 is 1.09 bits per heavy atom. The summed E-state index contributed by atoms with van der Waals surface area (Å²) in [6, 6.07) is 11.2. The zero-order valence-electron chi connectivity index (χ0n) is 12.8. The summed E-state index contributed by atoms with van der Waals surface area (Å²) >= 11 is 1.62. The van der Waals surface area contributed by atoms with E-state index in [1.54, 1.807) is 23.5 Å². The van der Waals surface area contributed by atoms with E-state index in [2.05, 4.69) is 26.2 Å². The summed E-state index contributed by atoms with van der Waals surface area (Å²) < 4.78 is 0. The van der Waals surface area contributed by atoms with Gasteiger partial charge in [0.1, 0.15) is 5.01 Å². The summed E-state index contributed by atoms with van der Waals surface area (Å²) in [5, 5.41) is 14.1. The number of aromatic nitrogens is 1. The third-order valence-corrected chi connectivity index (χ3v) is 4.50. The van der Waals surface area contributed by atoms with Crippen LogP contribution in [0, 0.1) is 0 Å². The molecule has 3 aromatic rings. The van der Waals surface area contributed by atoms with Gasteiger partial charge in [0.15, 0.2) is 0 Å². The molecule has 0 unspecified atom stereocenters. The monoisotopic (exact) mass is 311 g/mol. The molecule has 0 aliphatic heterocycles. The molecule has 0 amide bonds. The van der Waals surface area contributed by atoms with E-state index in [1.807, 2.05) is 24.3 Å². The molecule has 1 heterocycles. The lowest BCUT2D eigenvalue weighted by molar-refractivity contribution is 0.0697. The van der Waals surface area contributed by atoms with Crippen molar-refractivity contribution in [3.63, 3.8) is 0 Å². The highest BCUT2D eigenvalue weighted by Gasteiger charge is 2.18. The average molecular weight is 311 g/mol. The van der Waals surface area contributed by atoms with Crippen molar-refractivity contribution in [2.45, 2.75) is 26.2 Å². The number of carboxylic acids is 1. The van der Waals surface area contributed by atoms with Gasteiger partial charge in [-0.25, -0.2) is 9.78 Å². The van der Waals surface area contributed by atoms with Crippen LogP contribution in [0.3, 0.4) is 0 Å². The van der Waals surface area contributed by atoms with Gasteiger partial charge in [-0.15, -0.1) is 11.3 Å². The Morgan fingerprint density at radius 3 is 2.45 bits per heavy atom. The number of carbonyl (C=O) groups is 1. The SMILES string of the molecule is CC(C)(C)c1csc(-c2ccc3ccc(C(=O)O)cc3c2)n1. The second-order valence-corrected chi connectivity index (χ2v) is 7.23. The minimum atomic E-state index is -0.906. The molecule has 2 aromatic carbocycles. The molecular formula is C18H17NO2S. The zero-order chi connectivity index (χ0) is 15.9. The van der Waals surface area contributed by atoms with E-state index in [1.165, 1.54) is 0 Å². The van der Waals surface area contributed by atoms with E-state index < -0.39 is 5.97 Å². The smallest absolute Gasteiger partial charge is 0.335 e. The Labute approximate surface area is 133 Å². The maximum absolute atomic E-state index is 11.1. The number of benzene rings is 2. The Morgan fingerprint density at radius 2 is 1.82 bits per heavy atom.